The molecule has 0 fully saturated rings. The molecule has 0 atom stereocenters. The van der Waals surface area contributed by atoms with Gasteiger partial charge in [0.25, 0.3) is 0 Å². The summed E-state index contributed by atoms with van der Waals surface area (Å²) in [5, 5.41) is 14.0. The molecule has 8 nitrogen and oxygen atoms in total. The molecule has 0 saturated carbocycles. The van der Waals surface area contributed by atoms with E-state index in [1.807, 2.05) is 48.5 Å². The highest BCUT2D eigenvalue weighted by Gasteiger charge is 2.14. The maximum absolute atomic E-state index is 12.1. The Bertz CT molecular complexity index is 1040. The number of benzene rings is 2. The number of carbonyl (C=O) groups is 2. The molecule has 0 radical (unpaired) electrons. The predicted octanol–water partition coefficient (Wildman–Crippen LogP) is 2.86. The lowest BCUT2D eigenvalue weighted by atomic mass is 10.1. The van der Waals surface area contributed by atoms with Crippen LogP contribution in [0.15, 0.2) is 52.9 Å². The Labute approximate surface area is 181 Å². The van der Waals surface area contributed by atoms with Crippen LogP contribution < -0.4 is 20.1 Å². The van der Waals surface area contributed by atoms with Gasteiger partial charge in [0.05, 0.1) is 12.2 Å². The fraction of sp³-hybridized carbons (Fsp3) is 0.200. The van der Waals surface area contributed by atoms with Gasteiger partial charge >= 0.3 is 0 Å². The maximum Gasteiger partial charge on any atom is 0.231 e. The van der Waals surface area contributed by atoms with Crippen LogP contribution in [0.5, 0.6) is 11.5 Å². The number of ether oxygens (including phenoxy) is 2. The first kappa shape index (κ1) is 20.2. The third-order valence-corrected chi connectivity index (χ3v) is 6.09. The second-order valence-corrected chi connectivity index (χ2v) is 8.54. The molecule has 4 rings (SSSR count). The topological polar surface area (TPSA) is 102 Å². The first-order valence-electron chi connectivity index (χ1n) is 9.11. The number of fused-ring (bicyclic) bond motifs is 1. The lowest BCUT2D eigenvalue weighted by Gasteiger charge is -2.05. The predicted molar refractivity (Wildman–Crippen MR) is 114 cm³/mol. The van der Waals surface area contributed by atoms with Crippen molar-refractivity contribution in [2.75, 3.05) is 17.9 Å². The SMILES string of the molecule is O=C(CSc1nnc(NC(=O)Cc2ccccc2)s1)NCc1ccc2c(c1)OCO2. The van der Waals surface area contributed by atoms with E-state index < -0.39 is 0 Å². The Kier molecular flexibility index (Phi) is 6.45. The molecule has 3 aromatic rings. The highest BCUT2D eigenvalue weighted by atomic mass is 32.2. The molecule has 0 spiro atoms. The Morgan fingerprint density at radius 3 is 2.70 bits per heavy atom. The fourth-order valence-corrected chi connectivity index (χ4v) is 4.29. The van der Waals surface area contributed by atoms with Crippen molar-refractivity contribution in [1.29, 1.82) is 0 Å². The van der Waals surface area contributed by atoms with Crippen LogP contribution in [0.4, 0.5) is 5.13 Å². The zero-order valence-electron chi connectivity index (χ0n) is 15.8. The average molecular weight is 443 g/mol. The highest BCUT2D eigenvalue weighted by molar-refractivity contribution is 8.01. The maximum atomic E-state index is 12.1. The Hall–Kier alpha value is -3.11. The molecule has 30 heavy (non-hydrogen) atoms. The van der Waals surface area contributed by atoms with Gasteiger partial charge in [-0.05, 0) is 23.3 Å². The van der Waals surface area contributed by atoms with Crippen LogP contribution >= 0.6 is 23.1 Å². The molecule has 2 aromatic carbocycles. The molecular weight excluding hydrogens is 424 g/mol. The third-order valence-electron chi connectivity index (χ3n) is 4.11. The third kappa shape index (κ3) is 5.49. The van der Waals surface area contributed by atoms with Gasteiger partial charge in [-0.3, -0.25) is 9.59 Å². The van der Waals surface area contributed by atoms with Crippen molar-refractivity contribution in [3.63, 3.8) is 0 Å². The summed E-state index contributed by atoms with van der Waals surface area (Å²) in [6.07, 6.45) is 0.269. The summed E-state index contributed by atoms with van der Waals surface area (Å²) in [5.41, 5.74) is 1.85. The normalized spacial score (nSPS) is 11.9. The molecule has 2 amide bonds. The van der Waals surface area contributed by atoms with Gasteiger partial charge in [-0.2, -0.15) is 0 Å². The number of nitrogens with one attached hydrogen (secondary N) is 2. The molecular formula is C20H18N4O4S2. The number of amides is 2. The number of hydrogen-bond donors (Lipinski definition) is 2. The van der Waals surface area contributed by atoms with Crippen LogP contribution in [0, 0.1) is 0 Å². The summed E-state index contributed by atoms with van der Waals surface area (Å²) in [4.78, 5) is 24.2. The van der Waals surface area contributed by atoms with Crippen molar-refractivity contribution in [3.8, 4) is 11.5 Å². The number of hydrogen-bond acceptors (Lipinski definition) is 8. The zero-order chi connectivity index (χ0) is 20.8. The number of anilines is 1. The lowest BCUT2D eigenvalue weighted by Crippen LogP contribution is -2.24. The van der Waals surface area contributed by atoms with E-state index in [9.17, 15) is 9.59 Å². The molecule has 0 aliphatic carbocycles. The minimum Gasteiger partial charge on any atom is -0.454 e. The van der Waals surface area contributed by atoms with E-state index in [2.05, 4.69) is 20.8 Å². The first-order chi connectivity index (χ1) is 14.7. The van der Waals surface area contributed by atoms with Crippen LogP contribution in [0.25, 0.3) is 0 Å². The summed E-state index contributed by atoms with van der Waals surface area (Å²) in [7, 11) is 0. The van der Waals surface area contributed by atoms with E-state index in [-0.39, 0.29) is 30.8 Å². The summed E-state index contributed by atoms with van der Waals surface area (Å²) in [5.74, 6) is 1.32. The number of carbonyl (C=O) groups excluding carboxylic acids is 2. The van der Waals surface area contributed by atoms with E-state index in [0.717, 1.165) is 11.1 Å². The number of rotatable bonds is 8. The van der Waals surface area contributed by atoms with Crippen molar-refractivity contribution in [3.05, 3.63) is 59.7 Å². The van der Waals surface area contributed by atoms with E-state index >= 15 is 0 Å². The van der Waals surface area contributed by atoms with E-state index in [0.29, 0.717) is 27.5 Å². The molecule has 0 unspecified atom stereocenters. The van der Waals surface area contributed by atoms with E-state index in [1.165, 1.54) is 23.1 Å². The van der Waals surface area contributed by atoms with Gasteiger partial charge in [-0.1, -0.05) is 59.5 Å². The smallest absolute Gasteiger partial charge is 0.231 e. The van der Waals surface area contributed by atoms with E-state index in [1.54, 1.807) is 0 Å². The number of nitrogens with zero attached hydrogens (tertiary/aromatic N) is 2. The van der Waals surface area contributed by atoms with Crippen LogP contribution in [0.3, 0.4) is 0 Å². The van der Waals surface area contributed by atoms with Gasteiger partial charge in [-0.25, -0.2) is 0 Å². The Morgan fingerprint density at radius 1 is 1.00 bits per heavy atom. The number of thioether (sulfide) groups is 1. The van der Waals surface area contributed by atoms with Gasteiger partial charge in [0.1, 0.15) is 0 Å². The van der Waals surface area contributed by atoms with Crippen LogP contribution in [0.1, 0.15) is 11.1 Å². The first-order valence-corrected chi connectivity index (χ1v) is 10.9. The standard InChI is InChI=1S/C20H18N4O4S2/c25-17(9-13-4-2-1-3-5-13)22-19-23-24-20(30-19)29-11-18(26)21-10-14-6-7-15-16(8-14)28-12-27-15/h1-8H,9-12H2,(H,21,26)(H,22,23,25). The van der Waals surface area contributed by atoms with Crippen molar-refractivity contribution >= 4 is 40.0 Å². The summed E-state index contributed by atoms with van der Waals surface area (Å²) in [6, 6.07) is 15.0. The van der Waals surface area contributed by atoms with Gasteiger partial charge in [0.15, 0.2) is 15.8 Å². The van der Waals surface area contributed by atoms with Crippen molar-refractivity contribution < 1.29 is 19.1 Å². The van der Waals surface area contributed by atoms with Gasteiger partial charge in [0, 0.05) is 6.54 Å². The summed E-state index contributed by atoms with van der Waals surface area (Å²) in [6.45, 7) is 0.616. The summed E-state index contributed by atoms with van der Waals surface area (Å²) >= 11 is 2.51. The van der Waals surface area contributed by atoms with Crippen molar-refractivity contribution in [2.45, 2.75) is 17.3 Å². The minimum absolute atomic E-state index is 0.123. The molecule has 154 valence electrons. The lowest BCUT2D eigenvalue weighted by molar-refractivity contribution is -0.118. The second kappa shape index (κ2) is 9.59. The monoisotopic (exact) mass is 442 g/mol. The molecule has 2 N–H and O–H groups in total. The average Bonchev–Trinajstić information content (AvgIpc) is 3.40. The van der Waals surface area contributed by atoms with Crippen LogP contribution in [-0.4, -0.2) is 34.6 Å². The largest absolute Gasteiger partial charge is 0.454 e. The highest BCUT2D eigenvalue weighted by Crippen LogP contribution is 2.32. The molecule has 0 saturated heterocycles. The Balaban J connectivity index is 1.20. The van der Waals surface area contributed by atoms with Gasteiger partial charge < -0.3 is 20.1 Å². The molecule has 10 heteroatoms. The Morgan fingerprint density at radius 2 is 1.83 bits per heavy atom. The molecule has 1 aliphatic heterocycles. The number of aromatic nitrogens is 2. The fourth-order valence-electron chi connectivity index (χ4n) is 2.69. The molecule has 1 aliphatic rings. The van der Waals surface area contributed by atoms with Crippen molar-refractivity contribution in [2.24, 2.45) is 0 Å². The zero-order valence-corrected chi connectivity index (χ0v) is 17.4. The summed E-state index contributed by atoms with van der Waals surface area (Å²) < 4.78 is 11.2. The van der Waals surface area contributed by atoms with Crippen molar-refractivity contribution in [1.82, 2.24) is 15.5 Å². The molecule has 1 aromatic heterocycles. The van der Waals surface area contributed by atoms with Gasteiger partial charge in [0.2, 0.25) is 23.7 Å². The van der Waals surface area contributed by atoms with E-state index in [4.69, 9.17) is 9.47 Å². The minimum atomic E-state index is -0.157. The van der Waals surface area contributed by atoms with Crippen LogP contribution in [-0.2, 0) is 22.6 Å². The van der Waals surface area contributed by atoms with Gasteiger partial charge in [-0.15, -0.1) is 10.2 Å². The second-order valence-electron chi connectivity index (χ2n) is 6.34. The molecule has 0 bridgehead atoms. The quantitative estimate of drug-likeness (QED) is 0.408. The molecule has 2 heterocycles. The van der Waals surface area contributed by atoms with Crippen LogP contribution in [0.2, 0.25) is 0 Å².